The molecule has 0 bridgehead atoms. The second kappa shape index (κ2) is 6.09. The molecule has 0 saturated heterocycles. The summed E-state index contributed by atoms with van der Waals surface area (Å²) in [5, 5.41) is 8.16. The lowest BCUT2D eigenvalue weighted by atomic mass is 10.1. The Morgan fingerprint density at radius 1 is 0.857 bits per heavy atom. The molecule has 21 heavy (non-hydrogen) atoms. The van der Waals surface area contributed by atoms with E-state index in [0.29, 0.717) is 28.2 Å². The Labute approximate surface area is 122 Å². The van der Waals surface area contributed by atoms with Gasteiger partial charge >= 0.3 is 0 Å². The number of hydrogen-bond donors (Lipinski definition) is 1. The second-order valence-corrected chi connectivity index (χ2v) is 4.61. The fourth-order valence-electron chi connectivity index (χ4n) is 1.89. The summed E-state index contributed by atoms with van der Waals surface area (Å²) in [6.07, 6.45) is 0. The highest BCUT2D eigenvalue weighted by Gasteiger charge is 2.09. The number of carbonyl (C=O) groups is 2. The molecule has 0 aliphatic rings. The molecule has 0 radical (unpaired) electrons. The maximum atomic E-state index is 11.6. The number of anilines is 1. The summed E-state index contributed by atoms with van der Waals surface area (Å²) in [5.41, 5.74) is 7.94. The van der Waals surface area contributed by atoms with Crippen LogP contribution in [0.2, 0.25) is 0 Å². The molecule has 2 aromatic rings. The third-order valence-corrected chi connectivity index (χ3v) is 2.95. The summed E-state index contributed by atoms with van der Waals surface area (Å²) in [6, 6.07) is 11.8. The van der Waals surface area contributed by atoms with E-state index in [9.17, 15) is 9.59 Å². The van der Waals surface area contributed by atoms with Gasteiger partial charge in [0.25, 0.3) is 0 Å². The Morgan fingerprint density at radius 3 is 2.05 bits per heavy atom. The molecule has 2 N–H and O–H groups in total. The Morgan fingerprint density at radius 2 is 1.43 bits per heavy atom. The molecule has 0 aliphatic carbocycles. The Kier molecular flexibility index (Phi) is 4.23. The molecule has 0 fully saturated rings. The van der Waals surface area contributed by atoms with E-state index in [1.54, 1.807) is 42.5 Å². The van der Waals surface area contributed by atoms with E-state index in [4.69, 9.17) is 5.73 Å². The average Bonchev–Trinajstić information content (AvgIpc) is 2.46. The van der Waals surface area contributed by atoms with E-state index in [0.717, 1.165) is 0 Å². The number of rotatable bonds is 4. The van der Waals surface area contributed by atoms with E-state index in [1.807, 2.05) is 0 Å². The lowest BCUT2D eigenvalue weighted by Crippen LogP contribution is -1.95. The maximum absolute atomic E-state index is 11.6. The Bertz CT molecular complexity index is 736. The molecule has 0 saturated carbocycles. The fourth-order valence-corrected chi connectivity index (χ4v) is 1.89. The smallest absolute Gasteiger partial charge is 0.162 e. The van der Waals surface area contributed by atoms with Gasteiger partial charge in [-0.3, -0.25) is 9.59 Å². The lowest BCUT2D eigenvalue weighted by Gasteiger charge is -2.03. The van der Waals surface area contributed by atoms with Gasteiger partial charge in [-0.15, -0.1) is 10.2 Å². The van der Waals surface area contributed by atoms with Crippen molar-refractivity contribution < 1.29 is 9.59 Å². The van der Waals surface area contributed by atoms with Crippen molar-refractivity contribution >= 4 is 28.6 Å². The largest absolute Gasteiger partial charge is 0.399 e. The molecule has 0 unspecified atom stereocenters. The Hall–Kier alpha value is -2.82. The van der Waals surface area contributed by atoms with E-state index in [1.165, 1.54) is 13.8 Å². The van der Waals surface area contributed by atoms with Gasteiger partial charge in [0.15, 0.2) is 11.6 Å². The number of nitrogens with zero attached hydrogens (tertiary/aromatic N) is 2. The zero-order chi connectivity index (χ0) is 15.4. The molecule has 2 rings (SSSR count). The van der Waals surface area contributed by atoms with Gasteiger partial charge in [-0.1, -0.05) is 12.1 Å². The van der Waals surface area contributed by atoms with Gasteiger partial charge < -0.3 is 5.73 Å². The van der Waals surface area contributed by atoms with Crippen LogP contribution in [0.5, 0.6) is 0 Å². The summed E-state index contributed by atoms with van der Waals surface area (Å²) >= 11 is 0. The molecule has 2 aromatic carbocycles. The summed E-state index contributed by atoms with van der Waals surface area (Å²) in [6.45, 7) is 2.91. The zero-order valence-corrected chi connectivity index (χ0v) is 11.8. The minimum atomic E-state index is -0.142. The average molecular weight is 281 g/mol. The van der Waals surface area contributed by atoms with Crippen LogP contribution in [0.3, 0.4) is 0 Å². The second-order valence-electron chi connectivity index (χ2n) is 4.61. The third kappa shape index (κ3) is 3.39. The van der Waals surface area contributed by atoms with E-state index >= 15 is 0 Å². The summed E-state index contributed by atoms with van der Waals surface area (Å²) in [4.78, 5) is 23.1. The first-order valence-corrected chi connectivity index (χ1v) is 6.41. The molecule has 0 aromatic heterocycles. The first kappa shape index (κ1) is 14.6. The summed E-state index contributed by atoms with van der Waals surface area (Å²) < 4.78 is 0. The fraction of sp³-hybridized carbons (Fsp3) is 0.125. The molecule has 5 heteroatoms. The standard InChI is InChI=1S/C16H15N3O2/c1-10(20)13-5-3-4-6-15(13)18-19-16-8-7-12(17)9-14(16)11(2)21/h3-9H,17H2,1-2H3/b19-18+. The molecular weight excluding hydrogens is 266 g/mol. The number of nitrogens with two attached hydrogens (primary N) is 1. The SMILES string of the molecule is CC(=O)c1ccccc1/N=N/c1ccc(N)cc1C(C)=O. The number of ketones is 2. The monoisotopic (exact) mass is 281 g/mol. The van der Waals surface area contributed by atoms with Gasteiger partial charge in [-0.25, -0.2) is 0 Å². The van der Waals surface area contributed by atoms with Crippen LogP contribution < -0.4 is 5.73 Å². The van der Waals surface area contributed by atoms with Gasteiger partial charge in [0.05, 0.1) is 11.4 Å². The number of carbonyl (C=O) groups excluding carboxylic acids is 2. The summed E-state index contributed by atoms with van der Waals surface area (Å²) in [5.74, 6) is -0.232. The van der Waals surface area contributed by atoms with Crippen LogP contribution in [-0.2, 0) is 0 Å². The van der Waals surface area contributed by atoms with Crippen molar-refractivity contribution in [1.29, 1.82) is 0 Å². The molecule has 0 spiro atoms. The quantitative estimate of drug-likeness (QED) is 0.520. The topological polar surface area (TPSA) is 84.9 Å². The lowest BCUT2D eigenvalue weighted by molar-refractivity contribution is 0.100. The van der Waals surface area contributed by atoms with Crippen LogP contribution in [0.1, 0.15) is 34.6 Å². The van der Waals surface area contributed by atoms with Crippen LogP contribution >= 0.6 is 0 Å². The highest BCUT2D eigenvalue weighted by molar-refractivity contribution is 6.00. The number of hydrogen-bond acceptors (Lipinski definition) is 5. The van der Waals surface area contributed by atoms with Gasteiger partial charge in [-0.2, -0.15) is 0 Å². The van der Waals surface area contributed by atoms with Crippen LogP contribution in [0.4, 0.5) is 17.1 Å². The van der Waals surface area contributed by atoms with Gasteiger partial charge in [0, 0.05) is 16.8 Å². The van der Waals surface area contributed by atoms with Crippen molar-refractivity contribution in [2.75, 3.05) is 5.73 Å². The minimum Gasteiger partial charge on any atom is -0.399 e. The molecule has 0 heterocycles. The summed E-state index contributed by atoms with van der Waals surface area (Å²) in [7, 11) is 0. The number of nitrogen functional groups attached to an aromatic ring is 1. The Balaban J connectivity index is 2.43. The van der Waals surface area contributed by atoms with Crippen molar-refractivity contribution in [2.24, 2.45) is 10.2 Å². The molecule has 0 aliphatic heterocycles. The van der Waals surface area contributed by atoms with Gasteiger partial charge in [0.2, 0.25) is 0 Å². The number of Topliss-reactive ketones (excluding diaryl/α,β-unsaturated/α-hetero) is 2. The first-order valence-electron chi connectivity index (χ1n) is 6.41. The van der Waals surface area contributed by atoms with E-state index in [2.05, 4.69) is 10.2 Å². The van der Waals surface area contributed by atoms with Crippen LogP contribution in [-0.4, -0.2) is 11.6 Å². The van der Waals surface area contributed by atoms with Gasteiger partial charge in [-0.05, 0) is 44.2 Å². The van der Waals surface area contributed by atoms with E-state index < -0.39 is 0 Å². The normalized spacial score (nSPS) is 10.8. The highest BCUT2D eigenvalue weighted by Crippen LogP contribution is 2.26. The number of benzene rings is 2. The maximum Gasteiger partial charge on any atom is 0.162 e. The van der Waals surface area contributed by atoms with Crippen molar-refractivity contribution in [3.63, 3.8) is 0 Å². The zero-order valence-electron chi connectivity index (χ0n) is 11.8. The minimum absolute atomic E-state index is 0.0892. The predicted molar refractivity (Wildman–Crippen MR) is 81.5 cm³/mol. The molecular formula is C16H15N3O2. The molecule has 5 nitrogen and oxygen atoms in total. The van der Waals surface area contributed by atoms with Crippen molar-refractivity contribution in [3.05, 3.63) is 53.6 Å². The van der Waals surface area contributed by atoms with Gasteiger partial charge in [0.1, 0.15) is 0 Å². The first-order chi connectivity index (χ1) is 9.99. The third-order valence-electron chi connectivity index (χ3n) is 2.95. The van der Waals surface area contributed by atoms with Crippen LogP contribution in [0.15, 0.2) is 52.7 Å². The van der Waals surface area contributed by atoms with Crippen molar-refractivity contribution in [1.82, 2.24) is 0 Å². The van der Waals surface area contributed by atoms with Crippen molar-refractivity contribution in [3.8, 4) is 0 Å². The number of azo groups is 1. The molecule has 0 amide bonds. The van der Waals surface area contributed by atoms with E-state index in [-0.39, 0.29) is 11.6 Å². The van der Waals surface area contributed by atoms with Crippen LogP contribution in [0, 0.1) is 0 Å². The van der Waals surface area contributed by atoms with Crippen molar-refractivity contribution in [2.45, 2.75) is 13.8 Å². The highest BCUT2D eigenvalue weighted by atomic mass is 16.1. The predicted octanol–water partition coefficient (Wildman–Crippen LogP) is 4.09. The van der Waals surface area contributed by atoms with Crippen LogP contribution in [0.25, 0.3) is 0 Å². The molecule has 106 valence electrons. The molecule has 0 atom stereocenters.